The molecule has 0 aliphatic rings. The van der Waals surface area contributed by atoms with Crippen LogP contribution in [0.5, 0.6) is 0 Å². The third kappa shape index (κ3) is 3.80. The molecule has 0 aliphatic carbocycles. The molecule has 6 heteroatoms. The van der Waals surface area contributed by atoms with Gasteiger partial charge in [0.2, 0.25) is 0 Å². The number of esters is 1. The van der Waals surface area contributed by atoms with Crippen LogP contribution in [0.25, 0.3) is 17.1 Å². The minimum absolute atomic E-state index is 0.200. The molecule has 0 spiro atoms. The number of benzene rings is 2. The second-order valence-corrected chi connectivity index (χ2v) is 6.78. The Hall–Kier alpha value is -2.60. The molecule has 5 nitrogen and oxygen atoms in total. The molecule has 1 aromatic heterocycles. The summed E-state index contributed by atoms with van der Waals surface area (Å²) in [6.45, 7) is 6.28. The molecule has 0 saturated carbocycles. The summed E-state index contributed by atoms with van der Waals surface area (Å²) in [5.74, 6) is 0.712. The zero-order chi connectivity index (χ0) is 18.5. The first-order valence-corrected chi connectivity index (χ1v) is 9.46. The number of aromatic nitrogens is 3. The van der Waals surface area contributed by atoms with E-state index in [1.165, 1.54) is 11.8 Å². The highest BCUT2D eigenvalue weighted by Crippen LogP contribution is 2.30. The monoisotopic (exact) mass is 367 g/mol. The number of hydrogen-bond acceptors (Lipinski definition) is 5. The van der Waals surface area contributed by atoms with Crippen LogP contribution in [-0.4, -0.2) is 33.1 Å². The Morgan fingerprint density at radius 2 is 1.73 bits per heavy atom. The number of hydrogen-bond donors (Lipinski definition) is 0. The Bertz CT molecular complexity index is 921. The molecule has 0 unspecified atom stereocenters. The van der Waals surface area contributed by atoms with Crippen LogP contribution in [0.2, 0.25) is 0 Å². The third-order valence-electron chi connectivity index (χ3n) is 4.00. The lowest BCUT2D eigenvalue weighted by atomic mass is 10.1. The van der Waals surface area contributed by atoms with Crippen LogP contribution in [0, 0.1) is 13.8 Å². The highest BCUT2D eigenvalue weighted by molar-refractivity contribution is 7.99. The van der Waals surface area contributed by atoms with Gasteiger partial charge in [0.25, 0.3) is 0 Å². The predicted molar refractivity (Wildman–Crippen MR) is 104 cm³/mol. The summed E-state index contributed by atoms with van der Waals surface area (Å²) < 4.78 is 7.04. The smallest absolute Gasteiger partial charge is 0.316 e. The Balaban J connectivity index is 2.08. The van der Waals surface area contributed by atoms with Gasteiger partial charge >= 0.3 is 5.97 Å². The molecule has 0 aliphatic heterocycles. The van der Waals surface area contributed by atoms with E-state index < -0.39 is 0 Å². The van der Waals surface area contributed by atoms with Crippen LogP contribution in [0.1, 0.15) is 18.1 Å². The van der Waals surface area contributed by atoms with E-state index in [2.05, 4.69) is 36.2 Å². The van der Waals surface area contributed by atoms with Gasteiger partial charge in [-0.15, -0.1) is 10.2 Å². The maximum atomic E-state index is 11.8. The predicted octanol–water partition coefficient (Wildman–Crippen LogP) is 4.21. The molecule has 0 atom stereocenters. The van der Waals surface area contributed by atoms with Gasteiger partial charge in [-0.1, -0.05) is 54.2 Å². The lowest BCUT2D eigenvalue weighted by molar-refractivity contribution is -0.139. The van der Waals surface area contributed by atoms with E-state index in [-0.39, 0.29) is 11.7 Å². The van der Waals surface area contributed by atoms with Crippen molar-refractivity contribution in [3.63, 3.8) is 0 Å². The van der Waals surface area contributed by atoms with Crippen molar-refractivity contribution in [1.82, 2.24) is 14.8 Å². The van der Waals surface area contributed by atoms with Gasteiger partial charge in [0.15, 0.2) is 11.0 Å². The van der Waals surface area contributed by atoms with Crippen molar-refractivity contribution in [3.05, 3.63) is 59.7 Å². The van der Waals surface area contributed by atoms with E-state index in [0.717, 1.165) is 28.2 Å². The number of nitrogens with zero attached hydrogens (tertiary/aromatic N) is 3. The number of aryl methyl sites for hydroxylation is 2. The molecule has 0 bridgehead atoms. The summed E-state index contributed by atoms with van der Waals surface area (Å²) >= 11 is 1.33. The number of rotatable bonds is 6. The number of carbonyl (C=O) groups excluding carboxylic acids is 1. The number of para-hydroxylation sites is 1. The fraction of sp³-hybridized carbons (Fsp3) is 0.250. The third-order valence-corrected chi connectivity index (χ3v) is 4.90. The summed E-state index contributed by atoms with van der Waals surface area (Å²) in [7, 11) is 0. The lowest BCUT2D eigenvalue weighted by Gasteiger charge is -2.13. The number of thioether (sulfide) groups is 1. The molecule has 3 rings (SSSR count). The first kappa shape index (κ1) is 18.2. The number of carbonyl (C=O) groups is 1. The fourth-order valence-corrected chi connectivity index (χ4v) is 3.46. The van der Waals surface area contributed by atoms with Crippen molar-refractivity contribution in [1.29, 1.82) is 0 Å². The fourth-order valence-electron chi connectivity index (χ4n) is 2.72. The normalized spacial score (nSPS) is 10.7. The maximum Gasteiger partial charge on any atom is 0.316 e. The maximum absolute atomic E-state index is 11.8. The van der Waals surface area contributed by atoms with Crippen molar-refractivity contribution >= 4 is 17.7 Å². The van der Waals surface area contributed by atoms with Gasteiger partial charge < -0.3 is 4.74 Å². The second kappa shape index (κ2) is 8.19. The van der Waals surface area contributed by atoms with E-state index in [0.29, 0.717) is 11.8 Å². The Morgan fingerprint density at radius 1 is 1.04 bits per heavy atom. The van der Waals surface area contributed by atoms with Gasteiger partial charge in [-0.25, -0.2) is 0 Å². The highest BCUT2D eigenvalue weighted by Gasteiger charge is 2.19. The molecule has 1 heterocycles. The van der Waals surface area contributed by atoms with Crippen LogP contribution in [0.4, 0.5) is 0 Å². The average Bonchev–Trinajstić information content (AvgIpc) is 3.04. The molecular formula is C20H21N3O2S. The first-order chi connectivity index (χ1) is 12.6. The van der Waals surface area contributed by atoms with Crippen molar-refractivity contribution < 1.29 is 9.53 Å². The van der Waals surface area contributed by atoms with E-state index in [4.69, 9.17) is 4.74 Å². The van der Waals surface area contributed by atoms with Crippen molar-refractivity contribution in [2.45, 2.75) is 25.9 Å². The molecular weight excluding hydrogens is 346 g/mol. The molecule has 3 aromatic rings. The minimum Gasteiger partial charge on any atom is -0.465 e. The second-order valence-electron chi connectivity index (χ2n) is 5.84. The van der Waals surface area contributed by atoms with Crippen molar-refractivity contribution in [2.75, 3.05) is 12.4 Å². The minimum atomic E-state index is -0.255. The molecule has 0 amide bonds. The van der Waals surface area contributed by atoms with Gasteiger partial charge in [0.1, 0.15) is 0 Å². The van der Waals surface area contributed by atoms with Gasteiger partial charge in [-0.05, 0) is 38.0 Å². The van der Waals surface area contributed by atoms with Crippen LogP contribution in [-0.2, 0) is 9.53 Å². The number of ether oxygens (including phenoxy) is 1. The quantitative estimate of drug-likeness (QED) is 0.483. The van der Waals surface area contributed by atoms with E-state index in [9.17, 15) is 4.79 Å². The standard InChI is InChI=1S/C20H21N3O2S/c1-4-25-18(24)13-26-20-22-21-19(16-11-7-5-9-14(16)2)23(20)17-12-8-6-10-15(17)3/h5-12H,4,13H2,1-3H3. The zero-order valence-electron chi connectivity index (χ0n) is 15.1. The molecule has 134 valence electrons. The van der Waals surface area contributed by atoms with Gasteiger partial charge in [-0.3, -0.25) is 9.36 Å². The van der Waals surface area contributed by atoms with Crippen LogP contribution < -0.4 is 0 Å². The van der Waals surface area contributed by atoms with Crippen molar-refractivity contribution in [2.24, 2.45) is 0 Å². The summed E-state index contributed by atoms with van der Waals surface area (Å²) in [6.07, 6.45) is 0. The van der Waals surface area contributed by atoms with Crippen LogP contribution >= 0.6 is 11.8 Å². The topological polar surface area (TPSA) is 57.0 Å². The Labute approximate surface area is 157 Å². The first-order valence-electron chi connectivity index (χ1n) is 8.47. The summed E-state index contributed by atoms with van der Waals surface area (Å²) in [6, 6.07) is 16.2. The molecule has 0 fully saturated rings. The largest absolute Gasteiger partial charge is 0.465 e. The van der Waals surface area contributed by atoms with Crippen LogP contribution in [0.3, 0.4) is 0 Å². The summed E-state index contributed by atoms with van der Waals surface area (Å²) in [4.78, 5) is 11.8. The molecule has 0 N–H and O–H groups in total. The van der Waals surface area contributed by atoms with Gasteiger partial charge in [0.05, 0.1) is 18.0 Å². The average molecular weight is 367 g/mol. The van der Waals surface area contributed by atoms with E-state index >= 15 is 0 Å². The molecule has 2 aromatic carbocycles. The molecule has 0 saturated heterocycles. The van der Waals surface area contributed by atoms with E-state index in [1.807, 2.05) is 41.0 Å². The summed E-state index contributed by atoms with van der Waals surface area (Å²) in [5.41, 5.74) is 4.25. The zero-order valence-corrected chi connectivity index (χ0v) is 15.9. The van der Waals surface area contributed by atoms with Crippen molar-refractivity contribution in [3.8, 4) is 17.1 Å². The van der Waals surface area contributed by atoms with Gasteiger partial charge in [-0.2, -0.15) is 0 Å². The molecule has 26 heavy (non-hydrogen) atoms. The molecule has 0 radical (unpaired) electrons. The Kier molecular flexibility index (Phi) is 5.73. The SMILES string of the molecule is CCOC(=O)CSc1nnc(-c2ccccc2C)n1-c1ccccc1C. The van der Waals surface area contributed by atoms with Gasteiger partial charge in [0, 0.05) is 5.56 Å². The van der Waals surface area contributed by atoms with Crippen LogP contribution in [0.15, 0.2) is 53.7 Å². The lowest BCUT2D eigenvalue weighted by Crippen LogP contribution is -2.08. The van der Waals surface area contributed by atoms with E-state index in [1.54, 1.807) is 6.92 Å². The Morgan fingerprint density at radius 3 is 2.42 bits per heavy atom. The highest BCUT2D eigenvalue weighted by atomic mass is 32.2. The summed E-state index contributed by atoms with van der Waals surface area (Å²) in [5, 5.41) is 9.45.